The fourth-order valence-electron chi connectivity index (χ4n) is 3.44. The van der Waals surface area contributed by atoms with Crippen LogP contribution in [0.1, 0.15) is 25.3 Å². The molecular formula is C16H20FN3O4S. The Hall–Kier alpha value is -2.00. The number of urea groups is 1. The molecule has 7 nitrogen and oxygen atoms in total. The molecule has 25 heavy (non-hydrogen) atoms. The van der Waals surface area contributed by atoms with E-state index in [0.717, 1.165) is 6.07 Å². The highest BCUT2D eigenvalue weighted by Gasteiger charge is 2.49. The number of hydrogen-bond donors (Lipinski definition) is 2. The molecule has 0 radical (unpaired) electrons. The van der Waals surface area contributed by atoms with E-state index < -0.39 is 27.4 Å². The average molecular weight is 369 g/mol. The minimum absolute atomic E-state index is 0.0583. The molecule has 1 atom stereocenters. The summed E-state index contributed by atoms with van der Waals surface area (Å²) >= 11 is 0. The largest absolute Gasteiger partial charge is 0.323 e. The number of halogens is 1. The van der Waals surface area contributed by atoms with E-state index in [4.69, 9.17) is 0 Å². The second kappa shape index (κ2) is 6.06. The molecule has 0 bridgehead atoms. The quantitative estimate of drug-likeness (QED) is 0.781. The van der Waals surface area contributed by atoms with Gasteiger partial charge in [0.1, 0.15) is 11.4 Å². The maximum atomic E-state index is 13.4. The van der Waals surface area contributed by atoms with E-state index in [0.29, 0.717) is 12.8 Å². The third-order valence-electron chi connectivity index (χ3n) is 5.11. The monoisotopic (exact) mass is 369 g/mol. The van der Waals surface area contributed by atoms with E-state index in [1.807, 2.05) is 0 Å². The fraction of sp³-hybridized carbons (Fsp3) is 0.500. The third-order valence-corrected chi connectivity index (χ3v) is 7.00. The van der Waals surface area contributed by atoms with Crippen molar-refractivity contribution in [1.82, 2.24) is 14.9 Å². The number of piperidine rings is 1. The summed E-state index contributed by atoms with van der Waals surface area (Å²) in [4.78, 5) is 23.5. The number of amides is 3. The van der Waals surface area contributed by atoms with Gasteiger partial charge in [0, 0.05) is 13.1 Å². The smallest absolute Gasteiger partial charge is 0.322 e. The number of rotatable bonds is 3. The normalized spacial score (nSPS) is 25.7. The zero-order valence-electron chi connectivity index (χ0n) is 14.0. The van der Waals surface area contributed by atoms with Gasteiger partial charge < -0.3 is 5.32 Å². The Kier molecular flexibility index (Phi) is 4.32. The highest BCUT2D eigenvalue weighted by molar-refractivity contribution is 7.89. The maximum absolute atomic E-state index is 13.4. The summed E-state index contributed by atoms with van der Waals surface area (Å²) in [6.07, 6.45) is 0.896. The average Bonchev–Trinajstić information content (AvgIpc) is 2.83. The molecule has 3 amide bonds. The number of imide groups is 1. The van der Waals surface area contributed by atoms with Gasteiger partial charge in [-0.2, -0.15) is 4.31 Å². The zero-order chi connectivity index (χ0) is 18.4. The standard InChI is InChI=1S/C16H20FN3O4S/c1-10-9-12(3-4-13(10)17)25(23,24)20-7-5-11(6-8-20)16(2)14(21)18-15(22)19-16/h3-4,9,11H,5-8H2,1-2H3,(H2,18,19,21,22)/t16-/m0/s1. The molecule has 2 heterocycles. The molecule has 0 spiro atoms. The molecule has 0 aromatic heterocycles. The van der Waals surface area contributed by atoms with Crippen LogP contribution < -0.4 is 10.6 Å². The summed E-state index contributed by atoms with van der Waals surface area (Å²) in [5.41, 5.74) is -0.742. The topological polar surface area (TPSA) is 95.6 Å². The van der Waals surface area contributed by atoms with Gasteiger partial charge in [-0.1, -0.05) is 0 Å². The molecule has 3 rings (SSSR count). The summed E-state index contributed by atoms with van der Waals surface area (Å²) in [6.45, 7) is 3.65. The Labute approximate surface area is 145 Å². The van der Waals surface area contributed by atoms with Crippen LogP contribution in [0.3, 0.4) is 0 Å². The summed E-state index contributed by atoms with van der Waals surface area (Å²) in [6, 6.07) is 3.21. The van der Waals surface area contributed by atoms with E-state index in [-0.39, 0.29) is 35.4 Å². The SMILES string of the molecule is Cc1cc(S(=O)(=O)N2CCC([C@]3(C)NC(=O)NC3=O)CC2)ccc1F. The van der Waals surface area contributed by atoms with E-state index in [1.54, 1.807) is 6.92 Å². The van der Waals surface area contributed by atoms with Gasteiger partial charge in [-0.15, -0.1) is 0 Å². The molecule has 2 aliphatic heterocycles. The molecule has 2 aliphatic rings. The number of nitrogens with zero attached hydrogens (tertiary/aromatic N) is 1. The lowest BCUT2D eigenvalue weighted by Crippen LogP contribution is -2.54. The zero-order valence-corrected chi connectivity index (χ0v) is 14.8. The van der Waals surface area contributed by atoms with Gasteiger partial charge in [-0.25, -0.2) is 17.6 Å². The van der Waals surface area contributed by atoms with Crippen LogP contribution in [0.5, 0.6) is 0 Å². The highest BCUT2D eigenvalue weighted by Crippen LogP contribution is 2.32. The lowest BCUT2D eigenvalue weighted by atomic mass is 9.79. The van der Waals surface area contributed by atoms with Gasteiger partial charge >= 0.3 is 6.03 Å². The van der Waals surface area contributed by atoms with Crippen molar-refractivity contribution < 1.29 is 22.4 Å². The first-order chi connectivity index (χ1) is 11.6. The maximum Gasteiger partial charge on any atom is 0.322 e. The van der Waals surface area contributed by atoms with Gasteiger partial charge in [-0.3, -0.25) is 10.1 Å². The van der Waals surface area contributed by atoms with Crippen LogP contribution in [0.25, 0.3) is 0 Å². The van der Waals surface area contributed by atoms with Gasteiger partial charge in [0.25, 0.3) is 5.91 Å². The lowest BCUT2D eigenvalue weighted by molar-refractivity contribution is -0.125. The van der Waals surface area contributed by atoms with E-state index >= 15 is 0 Å². The molecule has 9 heteroatoms. The van der Waals surface area contributed by atoms with Gasteiger partial charge in [0.15, 0.2) is 0 Å². The number of sulfonamides is 1. The third kappa shape index (κ3) is 3.02. The van der Waals surface area contributed by atoms with Crippen LogP contribution in [-0.4, -0.2) is 43.3 Å². The molecule has 2 fully saturated rings. The van der Waals surface area contributed by atoms with Gasteiger partial charge in [-0.05, 0) is 56.4 Å². The molecule has 2 N–H and O–H groups in total. The summed E-state index contributed by atoms with van der Waals surface area (Å²) in [5, 5.41) is 4.87. The molecular weight excluding hydrogens is 349 g/mol. The van der Waals surface area contributed by atoms with Crippen molar-refractivity contribution in [3.63, 3.8) is 0 Å². The second-order valence-corrected chi connectivity index (χ2v) is 8.64. The van der Waals surface area contributed by atoms with Crippen molar-refractivity contribution in [3.05, 3.63) is 29.6 Å². The van der Waals surface area contributed by atoms with Crippen LogP contribution in [-0.2, 0) is 14.8 Å². The van der Waals surface area contributed by atoms with Crippen molar-refractivity contribution in [2.24, 2.45) is 5.92 Å². The van der Waals surface area contributed by atoms with Gasteiger partial charge in [0.05, 0.1) is 4.90 Å². The molecule has 0 aliphatic carbocycles. The Morgan fingerprint density at radius 2 is 1.88 bits per heavy atom. The number of nitrogens with one attached hydrogen (secondary N) is 2. The molecule has 1 aromatic rings. The van der Waals surface area contributed by atoms with Crippen LogP contribution in [0.2, 0.25) is 0 Å². The van der Waals surface area contributed by atoms with Crippen molar-refractivity contribution in [1.29, 1.82) is 0 Å². The van der Waals surface area contributed by atoms with Crippen LogP contribution >= 0.6 is 0 Å². The van der Waals surface area contributed by atoms with Crippen LogP contribution in [0, 0.1) is 18.7 Å². The lowest BCUT2D eigenvalue weighted by Gasteiger charge is -2.38. The summed E-state index contributed by atoms with van der Waals surface area (Å²) in [5.74, 6) is -0.984. The highest BCUT2D eigenvalue weighted by atomic mass is 32.2. The minimum Gasteiger partial charge on any atom is -0.323 e. The van der Waals surface area contributed by atoms with Crippen LogP contribution in [0.15, 0.2) is 23.1 Å². The summed E-state index contributed by atoms with van der Waals surface area (Å²) in [7, 11) is -3.71. The number of carbonyl (C=O) groups is 2. The molecule has 1 aromatic carbocycles. The van der Waals surface area contributed by atoms with Gasteiger partial charge in [0.2, 0.25) is 10.0 Å². The number of aryl methyl sites for hydroxylation is 1. The Morgan fingerprint density at radius 3 is 2.40 bits per heavy atom. The first-order valence-electron chi connectivity index (χ1n) is 8.04. The molecule has 2 saturated heterocycles. The van der Waals surface area contributed by atoms with Crippen LogP contribution in [0.4, 0.5) is 9.18 Å². The molecule has 0 saturated carbocycles. The fourth-order valence-corrected chi connectivity index (χ4v) is 5.00. The predicted octanol–water partition coefficient (Wildman–Crippen LogP) is 1.13. The Morgan fingerprint density at radius 1 is 1.24 bits per heavy atom. The van der Waals surface area contributed by atoms with E-state index in [9.17, 15) is 22.4 Å². The van der Waals surface area contributed by atoms with Crippen molar-refractivity contribution >= 4 is 22.0 Å². The first kappa shape index (κ1) is 17.8. The minimum atomic E-state index is -3.71. The Bertz CT molecular complexity index is 834. The number of carbonyl (C=O) groups excluding carboxylic acids is 2. The summed E-state index contributed by atoms with van der Waals surface area (Å²) < 4.78 is 40.2. The molecule has 136 valence electrons. The van der Waals surface area contributed by atoms with Crippen molar-refractivity contribution in [2.75, 3.05) is 13.1 Å². The number of benzene rings is 1. The van der Waals surface area contributed by atoms with E-state index in [1.165, 1.54) is 23.4 Å². The second-order valence-electron chi connectivity index (χ2n) is 6.70. The first-order valence-corrected chi connectivity index (χ1v) is 9.48. The Balaban J connectivity index is 1.74. The van der Waals surface area contributed by atoms with E-state index in [2.05, 4.69) is 10.6 Å². The van der Waals surface area contributed by atoms with Crippen molar-refractivity contribution in [3.8, 4) is 0 Å². The molecule has 0 unspecified atom stereocenters. The van der Waals surface area contributed by atoms with Crippen molar-refractivity contribution in [2.45, 2.75) is 37.1 Å². The number of hydrogen-bond acceptors (Lipinski definition) is 4. The predicted molar refractivity (Wildman–Crippen MR) is 87.7 cm³/mol.